The number of carbonyl (C=O) groups is 1. The van der Waals surface area contributed by atoms with Gasteiger partial charge in [-0.3, -0.25) is 4.79 Å². The maximum atomic E-state index is 11.7. The number of nitrogens with zero attached hydrogens (tertiary/aromatic N) is 1. The molecule has 0 bridgehead atoms. The molecular weight excluding hydrogens is 272 g/mol. The average molecular weight is 290 g/mol. The van der Waals surface area contributed by atoms with Gasteiger partial charge in [-0.15, -0.1) is 11.8 Å². The summed E-state index contributed by atoms with van der Waals surface area (Å²) < 4.78 is 4.89. The first-order valence-electron chi connectivity index (χ1n) is 6.41. The number of anilines is 1. The quantitative estimate of drug-likeness (QED) is 0.916. The molecule has 0 aliphatic heterocycles. The predicted molar refractivity (Wildman–Crippen MR) is 81.9 cm³/mol. The molecule has 20 heavy (non-hydrogen) atoms. The molecule has 0 aliphatic carbocycles. The molecular formula is C15H18N2O2S. The molecule has 5 heteroatoms. The van der Waals surface area contributed by atoms with Crippen LogP contribution in [0.1, 0.15) is 22.5 Å². The smallest absolute Gasteiger partial charge is 0.235 e. The number of carbonyl (C=O) groups excluding carboxylic acids is 1. The van der Waals surface area contributed by atoms with Crippen molar-refractivity contribution in [1.82, 2.24) is 5.16 Å². The third kappa shape index (κ3) is 4.42. The van der Waals surface area contributed by atoms with Gasteiger partial charge in [0, 0.05) is 11.8 Å². The maximum Gasteiger partial charge on any atom is 0.235 e. The average Bonchev–Trinajstić information content (AvgIpc) is 2.73. The molecule has 0 atom stereocenters. The monoisotopic (exact) mass is 290 g/mol. The van der Waals surface area contributed by atoms with Crippen molar-refractivity contribution in [2.24, 2.45) is 0 Å². The van der Waals surface area contributed by atoms with Crippen LogP contribution in [0.25, 0.3) is 0 Å². The lowest BCUT2D eigenvalue weighted by molar-refractivity contribution is -0.113. The van der Waals surface area contributed by atoms with Crippen molar-refractivity contribution >= 4 is 23.5 Å². The Morgan fingerprint density at radius 2 is 1.90 bits per heavy atom. The van der Waals surface area contributed by atoms with E-state index in [9.17, 15) is 4.79 Å². The third-order valence-corrected chi connectivity index (χ3v) is 3.68. The van der Waals surface area contributed by atoms with Crippen LogP contribution in [0.15, 0.2) is 28.8 Å². The predicted octanol–water partition coefficient (Wildman–Crippen LogP) is 3.47. The zero-order chi connectivity index (χ0) is 14.5. The van der Waals surface area contributed by atoms with Crippen LogP contribution in [0.2, 0.25) is 0 Å². The Balaban J connectivity index is 1.79. The van der Waals surface area contributed by atoms with E-state index in [1.54, 1.807) is 24.8 Å². The van der Waals surface area contributed by atoms with Gasteiger partial charge < -0.3 is 9.84 Å². The molecule has 106 valence electrons. The second-order valence-electron chi connectivity index (χ2n) is 4.86. The summed E-state index contributed by atoms with van der Waals surface area (Å²) in [5.74, 6) is 2.32. The van der Waals surface area contributed by atoms with Gasteiger partial charge in [-0.25, -0.2) is 0 Å². The van der Waals surface area contributed by atoms with E-state index >= 15 is 0 Å². The van der Waals surface area contributed by atoms with Crippen LogP contribution in [0.5, 0.6) is 0 Å². The highest BCUT2D eigenvalue weighted by Gasteiger charge is 2.06. The van der Waals surface area contributed by atoms with Crippen LogP contribution in [-0.2, 0) is 10.5 Å². The van der Waals surface area contributed by atoms with E-state index in [2.05, 4.69) is 42.5 Å². The molecule has 4 nitrogen and oxygen atoms in total. The minimum absolute atomic E-state index is 0.0623. The fourth-order valence-corrected chi connectivity index (χ4v) is 2.78. The van der Waals surface area contributed by atoms with E-state index in [1.165, 1.54) is 16.7 Å². The molecule has 0 aliphatic rings. The molecule has 0 unspecified atom stereocenters. The summed E-state index contributed by atoms with van der Waals surface area (Å²) in [5, 5.41) is 6.44. The highest BCUT2D eigenvalue weighted by molar-refractivity contribution is 7.99. The van der Waals surface area contributed by atoms with E-state index in [0.717, 1.165) is 5.75 Å². The number of aryl methyl sites for hydroxylation is 3. The molecule has 2 rings (SSSR count). The Morgan fingerprint density at radius 1 is 1.20 bits per heavy atom. The standard InChI is InChI=1S/C15H18N2O2S/c1-10-4-11(2)6-13(5-10)8-20-9-15(18)16-14-7-12(3)19-17-14/h4-7H,8-9H2,1-3H3,(H,16,17,18). The molecule has 1 aromatic carbocycles. The van der Waals surface area contributed by atoms with Crippen molar-refractivity contribution in [3.05, 3.63) is 46.7 Å². The number of hydrogen-bond donors (Lipinski definition) is 1. The first kappa shape index (κ1) is 14.7. The number of aromatic nitrogens is 1. The van der Waals surface area contributed by atoms with Crippen molar-refractivity contribution in [1.29, 1.82) is 0 Å². The van der Waals surface area contributed by atoms with Crippen LogP contribution in [0, 0.1) is 20.8 Å². The fourth-order valence-electron chi connectivity index (χ4n) is 2.02. The van der Waals surface area contributed by atoms with E-state index in [0.29, 0.717) is 17.3 Å². The molecule has 1 aromatic heterocycles. The minimum atomic E-state index is -0.0623. The summed E-state index contributed by atoms with van der Waals surface area (Å²) in [4.78, 5) is 11.7. The van der Waals surface area contributed by atoms with Crippen LogP contribution in [0.3, 0.4) is 0 Å². The maximum absolute atomic E-state index is 11.7. The molecule has 1 amide bonds. The Kier molecular flexibility index (Phi) is 4.84. The zero-order valence-corrected chi connectivity index (χ0v) is 12.7. The molecule has 1 heterocycles. The second-order valence-corrected chi connectivity index (χ2v) is 5.85. The highest BCUT2D eigenvalue weighted by atomic mass is 32.2. The van der Waals surface area contributed by atoms with Gasteiger partial charge >= 0.3 is 0 Å². The molecule has 0 fully saturated rings. The Morgan fingerprint density at radius 3 is 2.50 bits per heavy atom. The summed E-state index contributed by atoms with van der Waals surface area (Å²) in [6, 6.07) is 8.15. The van der Waals surface area contributed by atoms with Gasteiger partial charge in [0.25, 0.3) is 0 Å². The van der Waals surface area contributed by atoms with Crippen molar-refractivity contribution < 1.29 is 9.32 Å². The molecule has 0 saturated carbocycles. The summed E-state index contributed by atoms with van der Waals surface area (Å²) >= 11 is 1.59. The fraction of sp³-hybridized carbons (Fsp3) is 0.333. The largest absolute Gasteiger partial charge is 0.360 e. The highest BCUT2D eigenvalue weighted by Crippen LogP contribution is 2.16. The summed E-state index contributed by atoms with van der Waals surface area (Å²) in [6.45, 7) is 5.96. The van der Waals surface area contributed by atoms with Crippen molar-refractivity contribution in [2.45, 2.75) is 26.5 Å². The van der Waals surface area contributed by atoms with Crippen molar-refractivity contribution in [3.63, 3.8) is 0 Å². The van der Waals surface area contributed by atoms with Gasteiger partial charge in [0.2, 0.25) is 5.91 Å². The summed E-state index contributed by atoms with van der Waals surface area (Å²) in [7, 11) is 0. The zero-order valence-electron chi connectivity index (χ0n) is 11.9. The summed E-state index contributed by atoms with van der Waals surface area (Å²) in [5.41, 5.74) is 3.75. The third-order valence-electron chi connectivity index (χ3n) is 2.68. The topological polar surface area (TPSA) is 55.1 Å². The van der Waals surface area contributed by atoms with E-state index in [1.807, 2.05) is 0 Å². The molecule has 0 saturated heterocycles. The molecule has 0 spiro atoms. The molecule has 0 radical (unpaired) electrons. The number of thioether (sulfide) groups is 1. The van der Waals surface area contributed by atoms with E-state index < -0.39 is 0 Å². The lowest BCUT2D eigenvalue weighted by atomic mass is 10.1. The van der Waals surface area contributed by atoms with Crippen molar-refractivity contribution in [3.8, 4) is 0 Å². The van der Waals surface area contributed by atoms with Crippen LogP contribution in [-0.4, -0.2) is 16.8 Å². The van der Waals surface area contributed by atoms with Gasteiger partial charge in [0.1, 0.15) is 5.76 Å². The van der Waals surface area contributed by atoms with Gasteiger partial charge in [-0.2, -0.15) is 0 Å². The van der Waals surface area contributed by atoms with Gasteiger partial charge in [0.05, 0.1) is 5.75 Å². The molecule has 1 N–H and O–H groups in total. The van der Waals surface area contributed by atoms with E-state index in [-0.39, 0.29) is 5.91 Å². The first-order chi connectivity index (χ1) is 9.52. The van der Waals surface area contributed by atoms with Crippen LogP contribution < -0.4 is 5.32 Å². The van der Waals surface area contributed by atoms with Crippen LogP contribution >= 0.6 is 11.8 Å². The Labute approximate surface area is 122 Å². The van der Waals surface area contributed by atoms with Crippen LogP contribution in [0.4, 0.5) is 5.82 Å². The first-order valence-corrected chi connectivity index (χ1v) is 7.56. The second kappa shape index (κ2) is 6.61. The van der Waals surface area contributed by atoms with Gasteiger partial charge in [0.15, 0.2) is 5.82 Å². The number of amides is 1. The van der Waals surface area contributed by atoms with Crippen molar-refractivity contribution in [2.75, 3.05) is 11.1 Å². The lowest BCUT2D eigenvalue weighted by Gasteiger charge is -2.05. The minimum Gasteiger partial charge on any atom is -0.360 e. The van der Waals surface area contributed by atoms with Gasteiger partial charge in [-0.1, -0.05) is 34.5 Å². The van der Waals surface area contributed by atoms with E-state index in [4.69, 9.17) is 4.52 Å². The SMILES string of the molecule is Cc1cc(C)cc(CSCC(=O)Nc2cc(C)on2)c1. The summed E-state index contributed by atoms with van der Waals surface area (Å²) in [6.07, 6.45) is 0. The lowest BCUT2D eigenvalue weighted by Crippen LogP contribution is -2.14. The Bertz CT molecular complexity index is 587. The molecule has 2 aromatic rings. The number of rotatable bonds is 5. The normalized spacial score (nSPS) is 10.6. The number of nitrogens with one attached hydrogen (secondary N) is 1. The Hall–Kier alpha value is -1.75. The van der Waals surface area contributed by atoms with Gasteiger partial charge in [-0.05, 0) is 26.3 Å². The number of hydrogen-bond acceptors (Lipinski definition) is 4. The number of benzene rings is 1.